The number of aromatic nitrogens is 1. The second-order valence-corrected chi connectivity index (χ2v) is 6.03. The van der Waals surface area contributed by atoms with E-state index >= 15 is 0 Å². The van der Waals surface area contributed by atoms with E-state index in [-0.39, 0.29) is 18.2 Å². The van der Waals surface area contributed by atoms with Gasteiger partial charge in [-0.1, -0.05) is 5.16 Å². The lowest BCUT2D eigenvalue weighted by Gasteiger charge is -2.35. The Labute approximate surface area is 131 Å². The number of rotatable bonds is 5. The highest BCUT2D eigenvalue weighted by Crippen LogP contribution is 2.09. The molecule has 2 amide bonds. The predicted molar refractivity (Wildman–Crippen MR) is 82.6 cm³/mol. The molecule has 0 saturated carbocycles. The molecule has 1 aliphatic heterocycles. The molecular formula is C15H26N4O3. The topological polar surface area (TPSA) is 70.8 Å². The first-order chi connectivity index (χ1) is 10.4. The van der Waals surface area contributed by atoms with Gasteiger partial charge in [-0.3, -0.25) is 4.90 Å². The number of amides is 2. The van der Waals surface area contributed by atoms with Gasteiger partial charge >= 0.3 is 6.03 Å². The van der Waals surface area contributed by atoms with Gasteiger partial charge in [0.25, 0.3) is 0 Å². The van der Waals surface area contributed by atoms with E-state index < -0.39 is 0 Å². The Balaban J connectivity index is 1.68. The van der Waals surface area contributed by atoms with Gasteiger partial charge in [-0.2, -0.15) is 0 Å². The third kappa shape index (κ3) is 4.99. The number of aryl methyl sites for hydroxylation is 1. The number of urea groups is 1. The second kappa shape index (κ2) is 7.60. The van der Waals surface area contributed by atoms with Gasteiger partial charge in [-0.25, -0.2) is 4.79 Å². The molecule has 2 heterocycles. The molecule has 22 heavy (non-hydrogen) atoms. The molecule has 7 nitrogen and oxygen atoms in total. The van der Waals surface area contributed by atoms with Crippen molar-refractivity contribution in [1.82, 2.24) is 20.3 Å². The van der Waals surface area contributed by atoms with Gasteiger partial charge in [0.05, 0.1) is 18.8 Å². The van der Waals surface area contributed by atoms with Crippen molar-refractivity contribution < 1.29 is 14.1 Å². The van der Waals surface area contributed by atoms with E-state index in [1.54, 1.807) is 11.9 Å². The van der Waals surface area contributed by atoms with Crippen LogP contribution < -0.4 is 5.32 Å². The number of nitrogens with zero attached hydrogens (tertiary/aromatic N) is 3. The van der Waals surface area contributed by atoms with E-state index in [0.29, 0.717) is 13.1 Å². The van der Waals surface area contributed by atoms with Crippen molar-refractivity contribution in [3.05, 3.63) is 17.5 Å². The molecule has 0 spiro atoms. The highest BCUT2D eigenvalue weighted by molar-refractivity contribution is 5.73. The minimum atomic E-state index is -0.102. The van der Waals surface area contributed by atoms with E-state index in [2.05, 4.69) is 29.2 Å². The van der Waals surface area contributed by atoms with Crippen LogP contribution in [0, 0.1) is 6.92 Å². The Morgan fingerprint density at radius 1 is 1.45 bits per heavy atom. The molecule has 2 unspecified atom stereocenters. The minimum absolute atomic E-state index is 0.102. The van der Waals surface area contributed by atoms with Crippen molar-refractivity contribution in [1.29, 1.82) is 0 Å². The quantitative estimate of drug-likeness (QED) is 0.886. The maximum Gasteiger partial charge on any atom is 0.317 e. The molecule has 1 aromatic heterocycles. The molecule has 1 aromatic rings. The summed E-state index contributed by atoms with van der Waals surface area (Å²) in [6, 6.07) is 1.73. The zero-order valence-electron chi connectivity index (χ0n) is 13.8. The molecule has 0 aliphatic carbocycles. The Kier molecular flexibility index (Phi) is 5.79. The van der Waals surface area contributed by atoms with E-state index in [4.69, 9.17) is 9.26 Å². The molecule has 1 saturated heterocycles. The van der Waals surface area contributed by atoms with Crippen LogP contribution in [-0.4, -0.2) is 66.4 Å². The van der Waals surface area contributed by atoms with Gasteiger partial charge < -0.3 is 19.5 Å². The molecule has 0 aromatic carbocycles. The molecule has 0 radical (unpaired) electrons. The van der Waals surface area contributed by atoms with Crippen molar-refractivity contribution in [2.24, 2.45) is 0 Å². The van der Waals surface area contributed by atoms with Crippen LogP contribution in [0.3, 0.4) is 0 Å². The highest BCUT2D eigenvalue weighted by Gasteiger charge is 2.21. The third-order valence-corrected chi connectivity index (χ3v) is 3.62. The molecule has 7 heteroatoms. The number of ether oxygens (including phenoxy) is 1. The number of hydrogen-bond acceptors (Lipinski definition) is 5. The van der Waals surface area contributed by atoms with Crippen molar-refractivity contribution in [3.8, 4) is 0 Å². The summed E-state index contributed by atoms with van der Waals surface area (Å²) in [6.45, 7) is 9.71. The molecule has 124 valence electrons. The van der Waals surface area contributed by atoms with Gasteiger partial charge in [0.2, 0.25) is 0 Å². The monoisotopic (exact) mass is 310 g/mol. The van der Waals surface area contributed by atoms with Gasteiger partial charge in [0.1, 0.15) is 11.5 Å². The van der Waals surface area contributed by atoms with E-state index in [9.17, 15) is 4.79 Å². The van der Waals surface area contributed by atoms with Crippen LogP contribution in [0.15, 0.2) is 10.6 Å². The summed E-state index contributed by atoms with van der Waals surface area (Å²) in [5.41, 5.74) is 0.756. The fourth-order valence-corrected chi connectivity index (χ4v) is 2.73. The van der Waals surface area contributed by atoms with E-state index in [0.717, 1.165) is 31.1 Å². The fraction of sp³-hybridized carbons (Fsp3) is 0.733. The normalized spacial score (nSPS) is 22.5. The maximum atomic E-state index is 12.0. The molecule has 1 aliphatic rings. The lowest BCUT2D eigenvalue weighted by molar-refractivity contribution is -0.0672. The third-order valence-electron chi connectivity index (χ3n) is 3.62. The molecule has 2 atom stereocenters. The van der Waals surface area contributed by atoms with Crippen LogP contribution in [0.2, 0.25) is 0 Å². The van der Waals surface area contributed by atoms with E-state index in [1.807, 2.05) is 13.0 Å². The summed E-state index contributed by atoms with van der Waals surface area (Å²) in [5, 5.41) is 6.82. The van der Waals surface area contributed by atoms with Crippen molar-refractivity contribution >= 4 is 6.03 Å². The van der Waals surface area contributed by atoms with Gasteiger partial charge in [0.15, 0.2) is 0 Å². The van der Waals surface area contributed by atoms with E-state index in [1.165, 1.54) is 0 Å². The Morgan fingerprint density at radius 3 is 2.73 bits per heavy atom. The Bertz CT molecular complexity index is 481. The molecule has 1 N–H and O–H groups in total. The van der Waals surface area contributed by atoms with Crippen LogP contribution in [-0.2, 0) is 11.3 Å². The van der Waals surface area contributed by atoms with Gasteiger partial charge in [0, 0.05) is 39.3 Å². The SMILES string of the molecule is Cc1cc(CN(C)C(=O)NCCN2CC(C)OC(C)C2)no1. The number of nitrogens with one attached hydrogen (secondary N) is 1. The molecule has 0 bridgehead atoms. The largest absolute Gasteiger partial charge is 0.373 e. The number of carbonyl (C=O) groups excluding carboxylic acids is 1. The first kappa shape index (κ1) is 16.8. The summed E-state index contributed by atoms with van der Waals surface area (Å²) in [5.74, 6) is 0.749. The smallest absolute Gasteiger partial charge is 0.317 e. The fourth-order valence-electron chi connectivity index (χ4n) is 2.73. The molecule has 1 fully saturated rings. The standard InChI is InChI=1S/C15H26N4O3/c1-11-7-14(17-22-11)10-18(4)15(20)16-5-6-19-8-12(2)21-13(3)9-19/h7,12-13H,5-6,8-10H2,1-4H3,(H,16,20). The summed E-state index contributed by atoms with van der Waals surface area (Å²) in [7, 11) is 1.75. The number of hydrogen-bond donors (Lipinski definition) is 1. The Hall–Kier alpha value is -1.60. The van der Waals surface area contributed by atoms with Crippen molar-refractivity contribution in [3.63, 3.8) is 0 Å². The second-order valence-electron chi connectivity index (χ2n) is 6.03. The molecular weight excluding hydrogens is 284 g/mol. The first-order valence-corrected chi connectivity index (χ1v) is 7.73. The maximum absolute atomic E-state index is 12.0. The van der Waals surface area contributed by atoms with Gasteiger partial charge in [-0.15, -0.1) is 0 Å². The zero-order valence-corrected chi connectivity index (χ0v) is 13.8. The summed E-state index contributed by atoms with van der Waals surface area (Å²) < 4.78 is 10.7. The lowest BCUT2D eigenvalue weighted by atomic mass is 10.2. The summed E-state index contributed by atoms with van der Waals surface area (Å²) in [4.78, 5) is 16.0. The Morgan fingerprint density at radius 2 is 2.14 bits per heavy atom. The van der Waals surface area contributed by atoms with Crippen molar-refractivity contribution in [2.75, 3.05) is 33.2 Å². The zero-order chi connectivity index (χ0) is 16.1. The lowest BCUT2D eigenvalue weighted by Crippen LogP contribution is -2.48. The van der Waals surface area contributed by atoms with Crippen LogP contribution in [0.1, 0.15) is 25.3 Å². The molecule has 2 rings (SSSR count). The predicted octanol–water partition coefficient (Wildman–Crippen LogP) is 1.23. The number of morpholine rings is 1. The summed E-state index contributed by atoms with van der Waals surface area (Å²) in [6.07, 6.45) is 0.495. The van der Waals surface area contributed by atoms with Crippen LogP contribution in [0.4, 0.5) is 4.79 Å². The highest BCUT2D eigenvalue weighted by atomic mass is 16.5. The number of carbonyl (C=O) groups is 1. The van der Waals surface area contributed by atoms with Crippen LogP contribution in [0.25, 0.3) is 0 Å². The average molecular weight is 310 g/mol. The first-order valence-electron chi connectivity index (χ1n) is 7.73. The minimum Gasteiger partial charge on any atom is -0.373 e. The van der Waals surface area contributed by atoms with Crippen LogP contribution >= 0.6 is 0 Å². The van der Waals surface area contributed by atoms with Gasteiger partial charge in [-0.05, 0) is 20.8 Å². The average Bonchev–Trinajstić information content (AvgIpc) is 2.82. The summed E-state index contributed by atoms with van der Waals surface area (Å²) >= 11 is 0. The van der Waals surface area contributed by atoms with Crippen LogP contribution in [0.5, 0.6) is 0 Å². The van der Waals surface area contributed by atoms with Crippen molar-refractivity contribution in [2.45, 2.75) is 39.5 Å².